The molecule has 11 heteroatoms. The molecule has 2 aliphatic rings. The van der Waals surface area contributed by atoms with Crippen LogP contribution in [0.15, 0.2) is 65.0 Å². The van der Waals surface area contributed by atoms with Gasteiger partial charge in [-0.3, -0.25) is 14.2 Å². The molecule has 0 fully saturated rings. The average Bonchev–Trinajstić information content (AvgIpc) is 2.85. The lowest BCUT2D eigenvalue weighted by Crippen LogP contribution is -2.48. The van der Waals surface area contributed by atoms with E-state index in [0.29, 0.717) is 17.9 Å². The number of fused-ring (bicyclic) bond motifs is 1. The summed E-state index contributed by atoms with van der Waals surface area (Å²) in [5.74, 6) is -2.32. The number of hydrogen-bond donors (Lipinski definition) is 3. The van der Waals surface area contributed by atoms with E-state index < -0.39 is 37.0 Å². The van der Waals surface area contributed by atoms with E-state index in [1.54, 1.807) is 31.2 Å². The van der Waals surface area contributed by atoms with Gasteiger partial charge in [0.05, 0.1) is 17.7 Å². The molecule has 0 spiro atoms. The molecule has 0 saturated heterocycles. The summed E-state index contributed by atoms with van der Waals surface area (Å²) in [4.78, 5) is 51.5. The van der Waals surface area contributed by atoms with Gasteiger partial charge in [0, 0.05) is 24.4 Å². The summed E-state index contributed by atoms with van der Waals surface area (Å²) in [7, 11) is -3.81. The van der Waals surface area contributed by atoms with Crippen LogP contribution in [0.2, 0.25) is 0 Å². The number of carboxylic acids is 1. The summed E-state index contributed by atoms with van der Waals surface area (Å²) in [5, 5.41) is 11.0. The highest BCUT2D eigenvalue weighted by Crippen LogP contribution is 2.44. The minimum absolute atomic E-state index is 0.0720. The molecule has 0 aliphatic carbocycles. The Morgan fingerprint density at radius 1 is 1.25 bits per heavy atom. The van der Waals surface area contributed by atoms with Crippen molar-refractivity contribution < 1.29 is 28.9 Å². The molecule has 10 nitrogen and oxygen atoms in total. The zero-order valence-electron chi connectivity index (χ0n) is 17.3. The van der Waals surface area contributed by atoms with Crippen molar-refractivity contribution in [3.05, 3.63) is 65.5 Å². The smallest absolute Gasteiger partial charge is 0.354 e. The van der Waals surface area contributed by atoms with Crippen LogP contribution < -0.4 is 5.73 Å². The number of nitrogens with zero attached hydrogens (tertiary/aromatic N) is 3. The standard InChI is InChI=1S/C21H23N4O6P/c1-14(22)23-17-7-4-15(5-8-17)10-12-32(30,31)13-16-6-9-19(26)24-11-2-3-18(21(28)29)25(24)20(16)27/h2-8,11H,9-10,12-13H2,1H3,(H2,22,23)(H,28,29)(H,30,31). The van der Waals surface area contributed by atoms with Crippen molar-refractivity contribution in [1.29, 1.82) is 0 Å². The molecule has 0 bridgehead atoms. The monoisotopic (exact) mass is 458 g/mol. The van der Waals surface area contributed by atoms with Gasteiger partial charge in [-0.1, -0.05) is 18.2 Å². The molecule has 0 saturated carbocycles. The lowest BCUT2D eigenvalue weighted by atomic mass is 10.1. The van der Waals surface area contributed by atoms with Crippen LogP contribution in [-0.4, -0.2) is 56.0 Å². The number of hydrogen-bond acceptors (Lipinski definition) is 5. The number of nitrogens with two attached hydrogens (primary N) is 1. The second-order valence-electron chi connectivity index (χ2n) is 7.38. The number of allylic oxidation sites excluding steroid dienone is 2. The average molecular weight is 458 g/mol. The lowest BCUT2D eigenvalue weighted by molar-refractivity contribution is -0.154. The van der Waals surface area contributed by atoms with E-state index in [1.807, 2.05) is 0 Å². The highest BCUT2D eigenvalue weighted by molar-refractivity contribution is 7.58. The van der Waals surface area contributed by atoms with Crippen molar-refractivity contribution in [2.24, 2.45) is 10.7 Å². The van der Waals surface area contributed by atoms with E-state index >= 15 is 0 Å². The summed E-state index contributed by atoms with van der Waals surface area (Å²) in [5.41, 5.74) is 6.54. The Kier molecular flexibility index (Phi) is 6.76. The first-order valence-corrected chi connectivity index (χ1v) is 11.8. The largest absolute Gasteiger partial charge is 0.477 e. The van der Waals surface area contributed by atoms with Gasteiger partial charge in [-0.2, -0.15) is 0 Å². The number of carbonyl (C=O) groups excluding carboxylic acids is 2. The first-order valence-electron chi connectivity index (χ1n) is 9.75. The highest BCUT2D eigenvalue weighted by atomic mass is 31.2. The minimum atomic E-state index is -3.81. The van der Waals surface area contributed by atoms with Gasteiger partial charge in [-0.25, -0.2) is 19.8 Å². The van der Waals surface area contributed by atoms with Crippen LogP contribution >= 0.6 is 7.37 Å². The number of benzene rings is 1. The molecule has 0 aromatic heterocycles. The fourth-order valence-electron chi connectivity index (χ4n) is 3.28. The van der Waals surface area contributed by atoms with Gasteiger partial charge in [0.2, 0.25) is 13.3 Å². The zero-order chi connectivity index (χ0) is 23.5. The molecule has 1 atom stereocenters. The predicted molar refractivity (Wildman–Crippen MR) is 118 cm³/mol. The van der Waals surface area contributed by atoms with Gasteiger partial charge >= 0.3 is 5.97 Å². The molecule has 3 rings (SSSR count). The normalized spacial score (nSPS) is 18.5. The first kappa shape index (κ1) is 23.2. The third-order valence-electron chi connectivity index (χ3n) is 4.80. The van der Waals surface area contributed by atoms with Gasteiger partial charge in [0.1, 0.15) is 0 Å². The van der Waals surface area contributed by atoms with Crippen LogP contribution in [0.5, 0.6) is 0 Å². The van der Waals surface area contributed by atoms with Gasteiger partial charge in [0.15, 0.2) is 5.70 Å². The van der Waals surface area contributed by atoms with Crippen molar-refractivity contribution in [3.8, 4) is 0 Å². The molecular weight excluding hydrogens is 435 g/mol. The number of rotatable bonds is 7. The van der Waals surface area contributed by atoms with Gasteiger partial charge < -0.3 is 15.7 Å². The Hall–Kier alpha value is -3.49. The molecule has 4 N–H and O–H groups in total. The topological polar surface area (TPSA) is 154 Å². The lowest BCUT2D eigenvalue weighted by Gasteiger charge is -2.33. The molecule has 1 unspecified atom stereocenters. The Morgan fingerprint density at radius 2 is 1.94 bits per heavy atom. The summed E-state index contributed by atoms with van der Waals surface area (Å²) >= 11 is 0. The number of hydrazine groups is 1. The second kappa shape index (κ2) is 9.33. The Labute approximate surface area is 184 Å². The third-order valence-corrected chi connectivity index (χ3v) is 6.56. The van der Waals surface area contributed by atoms with E-state index in [-0.39, 0.29) is 18.2 Å². The quantitative estimate of drug-likeness (QED) is 0.320. The van der Waals surface area contributed by atoms with Crippen molar-refractivity contribution >= 4 is 36.7 Å². The van der Waals surface area contributed by atoms with Crippen LogP contribution in [0.25, 0.3) is 0 Å². The SMILES string of the molecule is CC(N)=Nc1ccc(CCP(=O)(O)CC2=CCC(=O)N3C=CC=C(C(=O)O)N3C2=O)cc1. The Morgan fingerprint density at radius 3 is 2.56 bits per heavy atom. The van der Waals surface area contributed by atoms with Crippen LogP contribution in [0, 0.1) is 0 Å². The maximum absolute atomic E-state index is 13.0. The maximum atomic E-state index is 13.0. The summed E-state index contributed by atoms with van der Waals surface area (Å²) in [6, 6.07) is 7.04. The molecule has 2 aliphatic heterocycles. The number of aryl methyl sites for hydroxylation is 1. The number of aliphatic carboxylic acids is 1. The first-order chi connectivity index (χ1) is 15.1. The molecule has 32 heavy (non-hydrogen) atoms. The van der Waals surface area contributed by atoms with E-state index in [0.717, 1.165) is 15.6 Å². The Balaban J connectivity index is 1.73. The number of carboxylic acid groups (broad SMARTS) is 1. The number of carbonyl (C=O) groups is 3. The third kappa shape index (κ3) is 5.40. The summed E-state index contributed by atoms with van der Waals surface area (Å²) in [6.07, 6.45) is 4.65. The van der Waals surface area contributed by atoms with Crippen molar-refractivity contribution in [2.45, 2.75) is 19.8 Å². The molecule has 2 amide bonds. The van der Waals surface area contributed by atoms with Crippen LogP contribution in [-0.2, 0) is 25.4 Å². The Bertz CT molecular complexity index is 1120. The van der Waals surface area contributed by atoms with Gasteiger partial charge in [0.25, 0.3) is 5.91 Å². The molecule has 1 aromatic carbocycles. The van der Waals surface area contributed by atoms with Gasteiger partial charge in [-0.15, -0.1) is 0 Å². The molecule has 168 valence electrons. The fraction of sp³-hybridized carbons (Fsp3) is 0.238. The van der Waals surface area contributed by atoms with Crippen molar-refractivity contribution in [1.82, 2.24) is 10.0 Å². The van der Waals surface area contributed by atoms with E-state index in [2.05, 4.69) is 4.99 Å². The number of amidine groups is 1. The minimum Gasteiger partial charge on any atom is -0.477 e. The molecule has 0 radical (unpaired) electrons. The van der Waals surface area contributed by atoms with Crippen molar-refractivity contribution in [2.75, 3.05) is 12.3 Å². The van der Waals surface area contributed by atoms with Crippen LogP contribution in [0.4, 0.5) is 5.69 Å². The second-order valence-corrected chi connectivity index (χ2v) is 9.84. The maximum Gasteiger partial charge on any atom is 0.354 e. The molecular formula is C21H23N4O6P. The van der Waals surface area contributed by atoms with E-state index in [1.165, 1.54) is 24.4 Å². The van der Waals surface area contributed by atoms with Crippen molar-refractivity contribution in [3.63, 3.8) is 0 Å². The molecule has 2 heterocycles. The van der Waals surface area contributed by atoms with Crippen LogP contribution in [0.1, 0.15) is 18.9 Å². The summed E-state index contributed by atoms with van der Waals surface area (Å²) in [6.45, 7) is 1.67. The van der Waals surface area contributed by atoms with Crippen LogP contribution in [0.3, 0.4) is 0 Å². The van der Waals surface area contributed by atoms with Gasteiger partial charge in [-0.05, 0) is 43.2 Å². The highest BCUT2D eigenvalue weighted by Gasteiger charge is 2.38. The summed E-state index contributed by atoms with van der Waals surface area (Å²) < 4.78 is 12.8. The zero-order valence-corrected chi connectivity index (χ0v) is 18.2. The van der Waals surface area contributed by atoms with E-state index in [9.17, 15) is 28.9 Å². The number of aliphatic imine (C=N–C) groups is 1. The molecule has 1 aromatic rings. The van der Waals surface area contributed by atoms with E-state index in [4.69, 9.17) is 5.73 Å². The fourth-order valence-corrected chi connectivity index (χ4v) is 4.84. The number of amides is 2. The predicted octanol–water partition coefficient (Wildman–Crippen LogP) is 1.91.